The molecule has 1 saturated heterocycles. The summed E-state index contributed by atoms with van der Waals surface area (Å²) >= 11 is 6.08. The van der Waals surface area contributed by atoms with Crippen molar-refractivity contribution in [2.45, 2.75) is 31.8 Å². The minimum atomic E-state index is -3.58. The van der Waals surface area contributed by atoms with E-state index in [2.05, 4.69) is 20.3 Å². The van der Waals surface area contributed by atoms with Crippen LogP contribution in [-0.2, 0) is 14.8 Å². The molecular weight excluding hydrogens is 454 g/mol. The van der Waals surface area contributed by atoms with Crippen molar-refractivity contribution >= 4 is 44.3 Å². The van der Waals surface area contributed by atoms with Crippen LogP contribution in [0.5, 0.6) is 0 Å². The molecule has 1 aliphatic heterocycles. The van der Waals surface area contributed by atoms with Gasteiger partial charge in [-0.1, -0.05) is 11.6 Å². The summed E-state index contributed by atoms with van der Waals surface area (Å²) in [4.78, 5) is 24.1. The predicted molar refractivity (Wildman–Crippen MR) is 125 cm³/mol. The summed E-state index contributed by atoms with van der Waals surface area (Å²) < 4.78 is 31.8. The van der Waals surface area contributed by atoms with Gasteiger partial charge in [-0.2, -0.15) is 4.98 Å². The SMILES string of the molecule is C[C@H](Nc1nccc(N(C2CCCOC2)S(C)(=O)=O)n1)c1cc2cc(Cl)ccc2[nH]c1=O. The molecule has 0 bridgehead atoms. The van der Waals surface area contributed by atoms with Gasteiger partial charge in [0.1, 0.15) is 5.82 Å². The van der Waals surface area contributed by atoms with Crippen molar-refractivity contribution in [2.75, 3.05) is 29.1 Å². The van der Waals surface area contributed by atoms with Gasteiger partial charge < -0.3 is 15.0 Å². The second-order valence-corrected chi connectivity index (χ2v) is 10.1. The lowest BCUT2D eigenvalue weighted by molar-refractivity contribution is 0.0834. The van der Waals surface area contributed by atoms with E-state index in [1.165, 1.54) is 10.5 Å². The zero-order chi connectivity index (χ0) is 22.9. The average Bonchev–Trinajstić information content (AvgIpc) is 2.73. The first kappa shape index (κ1) is 22.5. The number of aromatic nitrogens is 3. The summed E-state index contributed by atoms with van der Waals surface area (Å²) in [6.45, 7) is 2.74. The van der Waals surface area contributed by atoms with Crippen LogP contribution >= 0.6 is 11.6 Å². The molecule has 2 aromatic heterocycles. The zero-order valence-electron chi connectivity index (χ0n) is 17.7. The Bertz CT molecular complexity index is 1290. The molecule has 0 spiro atoms. The minimum absolute atomic E-state index is 0.214. The van der Waals surface area contributed by atoms with E-state index in [0.29, 0.717) is 35.7 Å². The van der Waals surface area contributed by atoms with Crippen molar-refractivity contribution in [1.82, 2.24) is 15.0 Å². The normalized spacial score (nSPS) is 17.8. The Labute approximate surface area is 190 Å². The summed E-state index contributed by atoms with van der Waals surface area (Å²) in [5.41, 5.74) is 0.926. The monoisotopic (exact) mass is 477 g/mol. The molecule has 170 valence electrons. The van der Waals surface area contributed by atoms with Crippen LogP contribution in [0.4, 0.5) is 11.8 Å². The molecule has 9 nitrogen and oxygen atoms in total. The summed E-state index contributed by atoms with van der Waals surface area (Å²) in [6.07, 6.45) is 4.10. The standard InChI is InChI=1S/C21H24ClN5O4S/c1-13(17-11-14-10-15(22)5-6-18(14)25-20(17)28)24-21-23-8-7-19(26-21)27(32(2,29)30)16-4-3-9-31-12-16/h5-8,10-11,13,16H,3-4,9,12H2,1-2H3,(H,25,28)(H,23,24,26)/t13-,16?/m0/s1. The number of aromatic amines is 1. The third-order valence-corrected chi connectivity index (χ3v) is 6.77. The predicted octanol–water partition coefficient (Wildman–Crippen LogP) is 3.09. The molecule has 1 fully saturated rings. The van der Waals surface area contributed by atoms with Crippen molar-refractivity contribution < 1.29 is 13.2 Å². The Kier molecular flexibility index (Phi) is 6.36. The maximum atomic E-state index is 12.6. The second-order valence-electron chi connectivity index (χ2n) is 7.82. The molecule has 11 heteroatoms. The van der Waals surface area contributed by atoms with E-state index in [4.69, 9.17) is 16.3 Å². The number of ether oxygens (including phenoxy) is 1. The molecule has 1 aromatic carbocycles. The van der Waals surface area contributed by atoms with E-state index in [1.54, 1.807) is 37.3 Å². The van der Waals surface area contributed by atoms with Crippen LogP contribution in [0.15, 0.2) is 41.3 Å². The fourth-order valence-electron chi connectivity index (χ4n) is 3.87. The number of sulfonamides is 1. The van der Waals surface area contributed by atoms with Crippen molar-refractivity contribution in [3.8, 4) is 0 Å². The quantitative estimate of drug-likeness (QED) is 0.560. The van der Waals surface area contributed by atoms with Crippen LogP contribution < -0.4 is 15.2 Å². The Morgan fingerprint density at radius 1 is 1.31 bits per heavy atom. The van der Waals surface area contributed by atoms with Gasteiger partial charge in [0.25, 0.3) is 5.56 Å². The Morgan fingerprint density at radius 3 is 2.84 bits per heavy atom. The van der Waals surface area contributed by atoms with E-state index in [0.717, 1.165) is 18.1 Å². The van der Waals surface area contributed by atoms with Gasteiger partial charge in [-0.05, 0) is 44.0 Å². The maximum Gasteiger partial charge on any atom is 0.253 e. The smallest absolute Gasteiger partial charge is 0.253 e. The molecule has 32 heavy (non-hydrogen) atoms. The second kappa shape index (κ2) is 9.05. The first-order valence-electron chi connectivity index (χ1n) is 10.2. The molecule has 1 unspecified atom stereocenters. The number of fused-ring (bicyclic) bond motifs is 1. The van der Waals surface area contributed by atoms with E-state index < -0.39 is 16.1 Å². The summed E-state index contributed by atoms with van der Waals surface area (Å²) in [5.74, 6) is 0.470. The zero-order valence-corrected chi connectivity index (χ0v) is 19.3. The molecule has 0 radical (unpaired) electrons. The van der Waals surface area contributed by atoms with Gasteiger partial charge in [0, 0.05) is 40.4 Å². The Balaban J connectivity index is 1.63. The number of anilines is 2. The van der Waals surface area contributed by atoms with Gasteiger partial charge in [-0.15, -0.1) is 0 Å². The lowest BCUT2D eigenvalue weighted by atomic mass is 10.1. The first-order chi connectivity index (χ1) is 15.2. The summed E-state index contributed by atoms with van der Waals surface area (Å²) in [6, 6.07) is 7.79. The van der Waals surface area contributed by atoms with E-state index in [-0.39, 0.29) is 23.4 Å². The topological polar surface area (TPSA) is 117 Å². The summed E-state index contributed by atoms with van der Waals surface area (Å²) in [5, 5.41) is 4.47. The molecule has 0 saturated carbocycles. The number of hydrogen-bond donors (Lipinski definition) is 2. The van der Waals surface area contributed by atoms with Crippen molar-refractivity contribution in [3.05, 3.63) is 57.5 Å². The molecular formula is C21H24ClN5O4S. The number of hydrogen-bond acceptors (Lipinski definition) is 7. The van der Waals surface area contributed by atoms with Crippen LogP contribution in [0, 0.1) is 0 Å². The van der Waals surface area contributed by atoms with Gasteiger partial charge in [0.2, 0.25) is 16.0 Å². The summed E-state index contributed by atoms with van der Waals surface area (Å²) in [7, 11) is -3.58. The van der Waals surface area contributed by atoms with Crippen molar-refractivity contribution in [2.24, 2.45) is 0 Å². The number of H-pyrrole nitrogens is 1. The van der Waals surface area contributed by atoms with E-state index in [9.17, 15) is 13.2 Å². The number of nitrogens with zero attached hydrogens (tertiary/aromatic N) is 3. The molecule has 4 rings (SSSR count). The van der Waals surface area contributed by atoms with Crippen LogP contribution in [0.3, 0.4) is 0 Å². The van der Waals surface area contributed by atoms with Crippen molar-refractivity contribution in [3.63, 3.8) is 0 Å². The van der Waals surface area contributed by atoms with Gasteiger partial charge in [0.05, 0.1) is 24.9 Å². The lowest BCUT2D eigenvalue weighted by Gasteiger charge is -2.33. The fourth-order valence-corrected chi connectivity index (χ4v) is 5.20. The number of halogens is 1. The maximum absolute atomic E-state index is 12.6. The van der Waals surface area contributed by atoms with Crippen molar-refractivity contribution in [1.29, 1.82) is 0 Å². The molecule has 2 N–H and O–H groups in total. The molecule has 3 aromatic rings. The van der Waals surface area contributed by atoms with Crippen LogP contribution in [0.1, 0.15) is 31.4 Å². The molecule has 0 amide bonds. The Hall–Kier alpha value is -2.69. The van der Waals surface area contributed by atoms with Gasteiger partial charge in [-0.25, -0.2) is 17.7 Å². The highest BCUT2D eigenvalue weighted by molar-refractivity contribution is 7.92. The van der Waals surface area contributed by atoms with Gasteiger partial charge in [0.15, 0.2) is 0 Å². The number of benzene rings is 1. The highest BCUT2D eigenvalue weighted by Gasteiger charge is 2.30. The Morgan fingerprint density at radius 2 is 2.12 bits per heavy atom. The average molecular weight is 478 g/mol. The number of rotatable bonds is 6. The van der Waals surface area contributed by atoms with E-state index in [1.807, 2.05) is 0 Å². The highest BCUT2D eigenvalue weighted by atomic mass is 35.5. The third kappa shape index (κ3) is 4.87. The van der Waals surface area contributed by atoms with Crippen LogP contribution in [0.2, 0.25) is 5.02 Å². The van der Waals surface area contributed by atoms with Gasteiger partial charge >= 0.3 is 0 Å². The number of pyridine rings is 1. The fraction of sp³-hybridized carbons (Fsp3) is 0.381. The van der Waals surface area contributed by atoms with Crippen LogP contribution in [-0.4, -0.2) is 48.9 Å². The molecule has 1 aliphatic rings. The van der Waals surface area contributed by atoms with Crippen LogP contribution in [0.25, 0.3) is 10.9 Å². The molecule has 3 heterocycles. The minimum Gasteiger partial charge on any atom is -0.379 e. The number of nitrogens with one attached hydrogen (secondary N) is 2. The molecule has 2 atom stereocenters. The van der Waals surface area contributed by atoms with Gasteiger partial charge in [-0.3, -0.25) is 4.79 Å². The third-order valence-electron chi connectivity index (χ3n) is 5.34. The lowest BCUT2D eigenvalue weighted by Crippen LogP contribution is -2.45. The largest absolute Gasteiger partial charge is 0.379 e. The molecule has 0 aliphatic carbocycles. The first-order valence-corrected chi connectivity index (χ1v) is 12.4. The van der Waals surface area contributed by atoms with E-state index >= 15 is 0 Å². The highest BCUT2D eigenvalue weighted by Crippen LogP contribution is 2.25.